The van der Waals surface area contributed by atoms with Crippen LogP contribution in [0.25, 0.3) is 0 Å². The molecule has 0 aliphatic heterocycles. The molecule has 0 heterocycles. The Bertz CT molecular complexity index is 1290. The molecule has 3 N–H and O–H groups in total. The van der Waals surface area contributed by atoms with E-state index in [0.29, 0.717) is 17.4 Å². The summed E-state index contributed by atoms with van der Waals surface area (Å²) in [6.07, 6.45) is 71.1. The number of allylic oxidation sites excluding steroid dienone is 7. The van der Waals surface area contributed by atoms with Gasteiger partial charge in [0.05, 0.1) is 39.9 Å². The molecule has 0 radical (unpaired) electrons. The lowest BCUT2D eigenvalue weighted by Gasteiger charge is -2.25. The highest BCUT2D eigenvalue weighted by Gasteiger charge is 2.27. The number of nitrogens with one attached hydrogen (secondary N) is 1. The molecular weight excluding hydrogens is 900 g/mol. The van der Waals surface area contributed by atoms with Crippen LogP contribution in [0.4, 0.5) is 0 Å². The Kier molecular flexibility index (Phi) is 52.1. The molecule has 0 bridgehead atoms. The quantitative estimate of drug-likeness (QED) is 0.0243. The third kappa shape index (κ3) is 56.0. The number of nitrogens with zero attached hydrogens (tertiary/aromatic N) is 1. The molecule has 0 aromatic heterocycles. The molecule has 0 aromatic carbocycles. The van der Waals surface area contributed by atoms with Crippen LogP contribution in [0.3, 0.4) is 0 Å². The predicted molar refractivity (Wildman–Crippen MR) is 309 cm³/mol. The van der Waals surface area contributed by atoms with Crippen molar-refractivity contribution in [1.29, 1.82) is 0 Å². The number of hydrogen-bond acceptors (Lipinski definition) is 5. The molecule has 0 fully saturated rings. The third-order valence-electron chi connectivity index (χ3n) is 13.8. The van der Waals surface area contributed by atoms with Crippen LogP contribution in [0, 0.1) is 0 Å². The first-order chi connectivity index (χ1) is 34.5. The zero-order valence-corrected chi connectivity index (χ0v) is 48.6. The summed E-state index contributed by atoms with van der Waals surface area (Å²) in [6.45, 7) is 4.80. The van der Waals surface area contributed by atoms with E-state index in [1.54, 1.807) is 6.08 Å². The predicted octanol–water partition coefficient (Wildman–Crippen LogP) is 18.7. The number of rotatable bonds is 56. The maximum Gasteiger partial charge on any atom is 0.472 e. The fourth-order valence-corrected chi connectivity index (χ4v) is 9.73. The smallest absolute Gasteiger partial charge is 0.387 e. The number of phosphoric ester groups is 1. The van der Waals surface area contributed by atoms with Crippen LogP contribution in [0.5, 0.6) is 0 Å². The number of quaternary nitrogens is 1. The first kappa shape index (κ1) is 69.5. The van der Waals surface area contributed by atoms with E-state index in [1.165, 1.54) is 218 Å². The minimum atomic E-state index is -4.34. The molecule has 0 aliphatic carbocycles. The topological polar surface area (TPSA) is 105 Å². The number of carbonyl (C=O) groups excluding carboxylic acids is 1. The van der Waals surface area contributed by atoms with Gasteiger partial charge in [-0.15, -0.1) is 0 Å². The molecule has 0 saturated carbocycles. The van der Waals surface area contributed by atoms with Crippen molar-refractivity contribution in [2.75, 3.05) is 40.9 Å². The SMILES string of the molecule is CCCCCCC/C=C\C/C=C\C/C=C\CCCCCCCCCCCCCCCCCCCCCCCCCCC(=O)NC(COP(=O)(O)OCC[N+](C)(C)C)C(O)/C=C/CCCCCCCCCC. The Hall–Kier alpha value is -1.54. The Labute approximate surface area is 441 Å². The van der Waals surface area contributed by atoms with Crippen LogP contribution >= 0.6 is 7.82 Å². The van der Waals surface area contributed by atoms with Crippen LogP contribution in [0.15, 0.2) is 48.6 Å². The lowest BCUT2D eigenvalue weighted by atomic mass is 10.0. The van der Waals surface area contributed by atoms with Crippen molar-refractivity contribution in [1.82, 2.24) is 5.32 Å². The molecule has 71 heavy (non-hydrogen) atoms. The second kappa shape index (κ2) is 53.3. The van der Waals surface area contributed by atoms with Gasteiger partial charge in [0.15, 0.2) is 0 Å². The van der Waals surface area contributed by atoms with E-state index in [4.69, 9.17) is 9.05 Å². The van der Waals surface area contributed by atoms with Gasteiger partial charge in [-0.2, -0.15) is 0 Å². The van der Waals surface area contributed by atoms with Gasteiger partial charge in [0.1, 0.15) is 13.2 Å². The van der Waals surface area contributed by atoms with Crippen molar-refractivity contribution in [2.45, 2.75) is 302 Å². The van der Waals surface area contributed by atoms with Crippen LogP contribution in [0.1, 0.15) is 290 Å². The highest BCUT2D eigenvalue weighted by atomic mass is 31.2. The highest BCUT2D eigenvalue weighted by molar-refractivity contribution is 7.47. The molecule has 0 spiro atoms. The van der Waals surface area contributed by atoms with Crippen LogP contribution in [0.2, 0.25) is 0 Å². The fraction of sp³-hybridized carbons (Fsp3) is 0.855. The van der Waals surface area contributed by atoms with Gasteiger partial charge >= 0.3 is 7.82 Å². The van der Waals surface area contributed by atoms with E-state index in [9.17, 15) is 19.4 Å². The normalized spacial score (nSPS) is 14.2. The van der Waals surface area contributed by atoms with Gasteiger partial charge in [-0.05, 0) is 57.8 Å². The molecule has 8 nitrogen and oxygen atoms in total. The van der Waals surface area contributed by atoms with Crippen molar-refractivity contribution in [3.63, 3.8) is 0 Å². The molecule has 3 unspecified atom stereocenters. The number of unbranched alkanes of at least 4 members (excludes halogenated alkanes) is 37. The van der Waals surface area contributed by atoms with E-state index in [0.717, 1.165) is 51.4 Å². The number of carbonyl (C=O) groups is 1. The Morgan fingerprint density at radius 1 is 0.479 bits per heavy atom. The number of aliphatic hydroxyl groups is 1. The van der Waals surface area contributed by atoms with Crippen molar-refractivity contribution in [3.05, 3.63) is 48.6 Å². The molecule has 0 rings (SSSR count). The summed E-state index contributed by atoms with van der Waals surface area (Å²) in [5.41, 5.74) is 0. The van der Waals surface area contributed by atoms with E-state index >= 15 is 0 Å². The maximum absolute atomic E-state index is 12.9. The fourth-order valence-electron chi connectivity index (χ4n) is 8.99. The molecule has 0 aliphatic rings. The van der Waals surface area contributed by atoms with Crippen molar-refractivity contribution < 1.29 is 32.9 Å². The van der Waals surface area contributed by atoms with Gasteiger partial charge in [-0.3, -0.25) is 13.8 Å². The summed E-state index contributed by atoms with van der Waals surface area (Å²) >= 11 is 0. The Morgan fingerprint density at radius 2 is 0.803 bits per heavy atom. The summed E-state index contributed by atoms with van der Waals surface area (Å²) in [4.78, 5) is 23.2. The standard InChI is InChI=1S/C62H119N2O6P/c1-6-8-10-12-14-16-18-19-20-21-22-23-24-25-26-27-28-29-30-31-32-33-34-35-36-37-38-39-40-41-42-43-44-45-46-48-50-52-54-56-62(66)63-60(59-70-71(67,68)69-58-57-64(3,4)5)61(65)55-53-51-49-47-17-15-13-11-9-7-2/h18-19,21-22,24-25,53,55,60-61,65H,6-17,20,23,26-52,54,56-59H2,1-5H3,(H-,63,66,67,68)/p+1/b19-18-,22-21-,25-24-,55-53+. The molecule has 0 saturated heterocycles. The van der Waals surface area contributed by atoms with E-state index in [1.807, 2.05) is 27.2 Å². The van der Waals surface area contributed by atoms with Gasteiger partial charge in [-0.1, -0.05) is 274 Å². The first-order valence-corrected chi connectivity index (χ1v) is 32.0. The largest absolute Gasteiger partial charge is 0.472 e. The molecule has 1 amide bonds. The molecule has 0 aromatic rings. The zero-order valence-electron chi connectivity index (χ0n) is 47.7. The van der Waals surface area contributed by atoms with E-state index in [2.05, 4.69) is 55.6 Å². The average Bonchev–Trinajstić information content (AvgIpc) is 3.33. The minimum Gasteiger partial charge on any atom is -0.387 e. The molecule has 3 atom stereocenters. The number of amides is 1. The average molecular weight is 1020 g/mol. The van der Waals surface area contributed by atoms with Gasteiger partial charge in [0.25, 0.3) is 0 Å². The van der Waals surface area contributed by atoms with E-state index < -0.39 is 20.0 Å². The number of likely N-dealkylation sites (N-methyl/N-ethyl adjacent to an activating group) is 1. The summed E-state index contributed by atoms with van der Waals surface area (Å²) < 4.78 is 23.6. The summed E-state index contributed by atoms with van der Waals surface area (Å²) in [6, 6.07) is -0.843. The second-order valence-corrected chi connectivity index (χ2v) is 23.5. The van der Waals surface area contributed by atoms with Crippen LogP contribution in [-0.4, -0.2) is 73.4 Å². The minimum absolute atomic E-state index is 0.0626. The van der Waals surface area contributed by atoms with Gasteiger partial charge in [0.2, 0.25) is 5.91 Å². The van der Waals surface area contributed by atoms with Crippen molar-refractivity contribution in [3.8, 4) is 0 Å². The van der Waals surface area contributed by atoms with E-state index in [-0.39, 0.29) is 19.1 Å². The Balaban J connectivity index is 3.83. The van der Waals surface area contributed by atoms with Gasteiger partial charge < -0.3 is 19.8 Å². The zero-order chi connectivity index (χ0) is 52.0. The molecule has 418 valence electrons. The molecule has 9 heteroatoms. The number of hydrogen-bond donors (Lipinski definition) is 3. The summed E-state index contributed by atoms with van der Waals surface area (Å²) in [5, 5.41) is 13.8. The van der Waals surface area contributed by atoms with Crippen LogP contribution < -0.4 is 5.32 Å². The summed E-state index contributed by atoms with van der Waals surface area (Å²) in [7, 11) is 1.58. The van der Waals surface area contributed by atoms with Gasteiger partial charge in [-0.25, -0.2) is 4.57 Å². The lowest BCUT2D eigenvalue weighted by Crippen LogP contribution is -2.45. The molecular formula is C62H120N2O6P+. The van der Waals surface area contributed by atoms with Crippen molar-refractivity contribution >= 4 is 13.7 Å². The lowest BCUT2D eigenvalue weighted by molar-refractivity contribution is -0.870. The maximum atomic E-state index is 12.9. The second-order valence-electron chi connectivity index (χ2n) is 22.1. The third-order valence-corrected chi connectivity index (χ3v) is 14.8. The highest BCUT2D eigenvalue weighted by Crippen LogP contribution is 2.43. The summed E-state index contributed by atoms with van der Waals surface area (Å²) in [5.74, 6) is -0.175. The van der Waals surface area contributed by atoms with Gasteiger partial charge in [0, 0.05) is 6.42 Å². The Morgan fingerprint density at radius 3 is 1.17 bits per heavy atom. The number of phosphoric acid groups is 1. The van der Waals surface area contributed by atoms with Crippen molar-refractivity contribution in [2.24, 2.45) is 0 Å². The number of aliphatic hydroxyl groups excluding tert-OH is 1. The monoisotopic (exact) mass is 1020 g/mol. The first-order valence-electron chi connectivity index (χ1n) is 30.5. The van der Waals surface area contributed by atoms with Crippen LogP contribution in [-0.2, 0) is 18.4 Å².